The Kier molecular flexibility index (Phi) is 4.29. The minimum atomic E-state index is -0.0630. The zero-order valence-corrected chi connectivity index (χ0v) is 13.5. The predicted octanol–water partition coefficient (Wildman–Crippen LogP) is 1.16. The van der Waals surface area contributed by atoms with Crippen LogP contribution in [0, 0.1) is 5.92 Å². The van der Waals surface area contributed by atoms with Crippen molar-refractivity contribution in [2.45, 2.75) is 51.9 Å². The lowest BCUT2D eigenvalue weighted by molar-refractivity contribution is -0.127. The number of rotatable bonds is 4. The molecule has 3 rings (SSSR count). The van der Waals surface area contributed by atoms with E-state index in [-0.39, 0.29) is 30.1 Å². The fourth-order valence-corrected chi connectivity index (χ4v) is 3.18. The third-order valence-corrected chi connectivity index (χ3v) is 4.31. The Bertz CT molecular complexity index is 531. The van der Waals surface area contributed by atoms with Crippen LogP contribution in [-0.2, 0) is 16.0 Å². The molecule has 0 unspecified atom stereocenters. The summed E-state index contributed by atoms with van der Waals surface area (Å²) in [6.07, 6.45) is 5.51. The number of hydrogen-bond acceptors (Lipinski definition) is 5. The molecule has 120 valence electrons. The summed E-state index contributed by atoms with van der Waals surface area (Å²) in [5.74, 6) is 0.777. The highest BCUT2D eigenvalue weighted by molar-refractivity contribution is 5.80. The number of aromatic nitrogens is 2. The second-order valence-corrected chi connectivity index (χ2v) is 6.45. The van der Waals surface area contributed by atoms with Crippen LogP contribution in [0.5, 0.6) is 0 Å². The maximum absolute atomic E-state index is 12.3. The van der Waals surface area contributed by atoms with Gasteiger partial charge in [-0.25, -0.2) is 9.97 Å². The normalized spacial score (nSPS) is 27.3. The van der Waals surface area contributed by atoms with E-state index in [0.717, 1.165) is 30.9 Å². The van der Waals surface area contributed by atoms with Crippen LogP contribution in [0.2, 0.25) is 0 Å². The number of aryl methyl sites for hydroxylation is 1. The lowest BCUT2D eigenvalue weighted by atomic mass is 9.99. The lowest BCUT2D eigenvalue weighted by Gasteiger charge is -2.32. The fraction of sp³-hybridized carbons (Fsp3) is 0.688. The zero-order valence-electron chi connectivity index (χ0n) is 13.5. The first kappa shape index (κ1) is 15.2. The molecule has 1 aromatic heterocycles. The molecule has 2 aliphatic heterocycles. The van der Waals surface area contributed by atoms with E-state index in [1.54, 1.807) is 0 Å². The van der Waals surface area contributed by atoms with Crippen LogP contribution in [0.3, 0.4) is 0 Å². The van der Waals surface area contributed by atoms with Gasteiger partial charge >= 0.3 is 0 Å². The summed E-state index contributed by atoms with van der Waals surface area (Å²) in [7, 11) is 0. The van der Waals surface area contributed by atoms with Crippen LogP contribution < -0.4 is 10.2 Å². The van der Waals surface area contributed by atoms with Crippen LogP contribution >= 0.6 is 0 Å². The molecule has 0 saturated carbocycles. The van der Waals surface area contributed by atoms with E-state index in [0.29, 0.717) is 6.54 Å². The Morgan fingerprint density at radius 3 is 2.77 bits per heavy atom. The van der Waals surface area contributed by atoms with Gasteiger partial charge in [-0.05, 0) is 32.3 Å². The van der Waals surface area contributed by atoms with Crippen molar-refractivity contribution in [3.05, 3.63) is 18.0 Å². The molecule has 1 amide bonds. The van der Waals surface area contributed by atoms with Crippen molar-refractivity contribution in [3.8, 4) is 0 Å². The quantitative estimate of drug-likeness (QED) is 0.904. The van der Waals surface area contributed by atoms with Gasteiger partial charge in [0.1, 0.15) is 0 Å². The van der Waals surface area contributed by atoms with Crippen LogP contribution in [0.1, 0.15) is 32.8 Å². The second kappa shape index (κ2) is 6.20. The monoisotopic (exact) mass is 304 g/mol. The van der Waals surface area contributed by atoms with Crippen molar-refractivity contribution >= 4 is 11.9 Å². The molecule has 1 N–H and O–H groups in total. The first-order valence-corrected chi connectivity index (χ1v) is 8.08. The van der Waals surface area contributed by atoms with Gasteiger partial charge in [-0.1, -0.05) is 6.92 Å². The molecule has 3 heterocycles. The van der Waals surface area contributed by atoms with Crippen molar-refractivity contribution < 1.29 is 9.53 Å². The van der Waals surface area contributed by atoms with E-state index in [9.17, 15) is 4.79 Å². The highest BCUT2D eigenvalue weighted by Gasteiger charge is 2.45. The summed E-state index contributed by atoms with van der Waals surface area (Å²) >= 11 is 0. The standard InChI is InChI=1S/C16H24N4O2/c1-4-11-6-17-16(18-7-11)20-8-12-5-13(14(9-20)22-12)15(21)19-10(2)3/h6-7,10,12-14H,4-5,8-9H2,1-3H3,(H,19,21)/t12-,13+,14-/m1/s1. The van der Waals surface area contributed by atoms with Crippen molar-refractivity contribution in [3.63, 3.8) is 0 Å². The summed E-state index contributed by atoms with van der Waals surface area (Å²) < 4.78 is 5.95. The number of morpholine rings is 1. The Balaban J connectivity index is 1.68. The van der Waals surface area contributed by atoms with E-state index in [4.69, 9.17) is 4.74 Å². The van der Waals surface area contributed by atoms with Gasteiger partial charge in [0.15, 0.2) is 0 Å². The molecule has 0 radical (unpaired) electrons. The maximum Gasteiger partial charge on any atom is 0.226 e. The minimum Gasteiger partial charge on any atom is -0.370 e. The summed E-state index contributed by atoms with van der Waals surface area (Å²) in [6, 6.07) is 0.161. The Hall–Kier alpha value is -1.69. The molecule has 6 nitrogen and oxygen atoms in total. The van der Waals surface area contributed by atoms with Crippen molar-refractivity contribution in [1.82, 2.24) is 15.3 Å². The molecule has 0 aromatic carbocycles. The molecule has 0 aliphatic carbocycles. The van der Waals surface area contributed by atoms with Gasteiger partial charge in [0, 0.05) is 31.5 Å². The number of fused-ring (bicyclic) bond motifs is 2. The Morgan fingerprint density at radius 2 is 2.14 bits per heavy atom. The highest BCUT2D eigenvalue weighted by atomic mass is 16.5. The minimum absolute atomic E-state index is 0.0627. The number of ether oxygens (including phenoxy) is 1. The molecule has 2 saturated heterocycles. The average molecular weight is 304 g/mol. The molecular formula is C16H24N4O2. The third-order valence-electron chi connectivity index (χ3n) is 4.31. The maximum atomic E-state index is 12.3. The topological polar surface area (TPSA) is 67.4 Å². The van der Waals surface area contributed by atoms with E-state index in [1.807, 2.05) is 26.2 Å². The highest BCUT2D eigenvalue weighted by Crippen LogP contribution is 2.33. The summed E-state index contributed by atoms with van der Waals surface area (Å²) in [4.78, 5) is 23.3. The van der Waals surface area contributed by atoms with Crippen molar-refractivity contribution in [1.29, 1.82) is 0 Å². The van der Waals surface area contributed by atoms with E-state index < -0.39 is 0 Å². The number of hydrogen-bond donors (Lipinski definition) is 1. The molecule has 0 spiro atoms. The number of carbonyl (C=O) groups excluding carboxylic acids is 1. The largest absolute Gasteiger partial charge is 0.370 e. The molecular weight excluding hydrogens is 280 g/mol. The van der Waals surface area contributed by atoms with Gasteiger partial charge in [-0.2, -0.15) is 0 Å². The number of amides is 1. The molecule has 22 heavy (non-hydrogen) atoms. The Labute approximate surface area is 131 Å². The van der Waals surface area contributed by atoms with Crippen LogP contribution in [0.15, 0.2) is 12.4 Å². The molecule has 3 atom stereocenters. The molecule has 2 aliphatic rings. The smallest absolute Gasteiger partial charge is 0.226 e. The van der Waals surface area contributed by atoms with Gasteiger partial charge in [0.2, 0.25) is 11.9 Å². The first-order valence-electron chi connectivity index (χ1n) is 8.08. The molecule has 2 fully saturated rings. The summed E-state index contributed by atoms with van der Waals surface area (Å²) in [5.41, 5.74) is 1.13. The van der Waals surface area contributed by atoms with Gasteiger partial charge in [0.05, 0.1) is 18.1 Å². The molecule has 6 heteroatoms. The van der Waals surface area contributed by atoms with Crippen LogP contribution in [0.25, 0.3) is 0 Å². The van der Waals surface area contributed by atoms with Crippen molar-refractivity contribution in [2.24, 2.45) is 5.92 Å². The summed E-state index contributed by atoms with van der Waals surface area (Å²) in [5, 5.41) is 3.00. The SMILES string of the molecule is CCc1cnc(N2C[C@H]3C[C@H](C(=O)NC(C)C)[C@@H](C2)O3)nc1. The van der Waals surface area contributed by atoms with E-state index >= 15 is 0 Å². The third kappa shape index (κ3) is 3.06. The number of nitrogens with zero attached hydrogens (tertiary/aromatic N) is 3. The van der Waals surface area contributed by atoms with Crippen molar-refractivity contribution in [2.75, 3.05) is 18.0 Å². The molecule has 2 bridgehead atoms. The summed E-state index contributed by atoms with van der Waals surface area (Å²) in [6.45, 7) is 7.49. The van der Waals surface area contributed by atoms with Gasteiger partial charge < -0.3 is 15.0 Å². The average Bonchev–Trinajstić information content (AvgIpc) is 2.81. The van der Waals surface area contributed by atoms with E-state index in [2.05, 4.69) is 27.1 Å². The number of anilines is 1. The predicted molar refractivity (Wildman–Crippen MR) is 83.7 cm³/mol. The van der Waals surface area contributed by atoms with Crippen LogP contribution in [-0.4, -0.2) is 47.2 Å². The lowest BCUT2D eigenvalue weighted by Crippen LogP contribution is -2.46. The first-order chi connectivity index (χ1) is 10.6. The zero-order chi connectivity index (χ0) is 15.7. The molecule has 1 aromatic rings. The number of carbonyl (C=O) groups is 1. The van der Waals surface area contributed by atoms with Gasteiger partial charge in [0.25, 0.3) is 0 Å². The van der Waals surface area contributed by atoms with Gasteiger partial charge in [-0.15, -0.1) is 0 Å². The van der Waals surface area contributed by atoms with Crippen LogP contribution in [0.4, 0.5) is 5.95 Å². The fourth-order valence-electron chi connectivity index (χ4n) is 3.18. The number of nitrogens with one attached hydrogen (secondary N) is 1. The van der Waals surface area contributed by atoms with Gasteiger partial charge in [-0.3, -0.25) is 4.79 Å². The Morgan fingerprint density at radius 1 is 1.41 bits per heavy atom. The second-order valence-electron chi connectivity index (χ2n) is 6.45. The van der Waals surface area contributed by atoms with E-state index in [1.165, 1.54) is 0 Å².